The fourth-order valence-corrected chi connectivity index (χ4v) is 11.3. The lowest BCUT2D eigenvalue weighted by Gasteiger charge is -2.38. The van der Waals surface area contributed by atoms with Crippen LogP contribution >= 0.6 is 0 Å². The molecule has 0 bridgehead atoms. The molecule has 1 aliphatic rings. The summed E-state index contributed by atoms with van der Waals surface area (Å²) >= 11 is 0. The van der Waals surface area contributed by atoms with Gasteiger partial charge in [0.15, 0.2) is 0 Å². The van der Waals surface area contributed by atoms with Gasteiger partial charge >= 0.3 is 0 Å². The van der Waals surface area contributed by atoms with Gasteiger partial charge in [-0.3, -0.25) is 0 Å². The summed E-state index contributed by atoms with van der Waals surface area (Å²) in [6, 6.07) is 98.2. The van der Waals surface area contributed by atoms with Crippen molar-refractivity contribution in [2.24, 2.45) is 0 Å². The van der Waals surface area contributed by atoms with E-state index in [-0.39, 0.29) is 0 Å². The summed E-state index contributed by atoms with van der Waals surface area (Å²) in [6.07, 6.45) is 0. The number of nitrogens with zero attached hydrogens (tertiary/aromatic N) is 2. The minimum absolute atomic E-state index is 0.599. The Hall–Kier alpha value is -8.72. The van der Waals surface area contributed by atoms with E-state index in [4.69, 9.17) is 0 Å². The number of para-hydroxylation sites is 3. The minimum atomic E-state index is -0.599. The molecule has 0 fully saturated rings. The average Bonchev–Trinajstić information content (AvgIpc) is 3.91. The summed E-state index contributed by atoms with van der Waals surface area (Å²) in [5.74, 6) is 0. The van der Waals surface area contributed by atoms with E-state index in [0.717, 1.165) is 28.3 Å². The Bertz CT molecular complexity index is 3710. The Morgan fingerprint density at radius 1 is 0.328 bits per heavy atom. The number of anilines is 3. The van der Waals surface area contributed by atoms with Gasteiger partial charge in [0.1, 0.15) is 0 Å². The molecule has 0 aliphatic heterocycles. The number of fused-ring (bicyclic) bond motifs is 7. The highest BCUT2D eigenvalue weighted by molar-refractivity contribution is 6.10. The molecule has 11 aromatic carbocycles. The molecule has 0 unspecified atom stereocenters. The maximum absolute atomic E-state index is 2.50. The van der Waals surface area contributed by atoms with Gasteiger partial charge in [-0.05, 0) is 104 Å². The van der Waals surface area contributed by atoms with Crippen LogP contribution in [0.2, 0.25) is 0 Å². The lowest BCUT2D eigenvalue weighted by Crippen LogP contribution is -2.30. The highest BCUT2D eigenvalue weighted by Crippen LogP contribution is 2.60. The van der Waals surface area contributed by atoms with Crippen molar-refractivity contribution < 1.29 is 0 Å². The van der Waals surface area contributed by atoms with Crippen LogP contribution in [0.5, 0.6) is 0 Å². The number of hydrogen-bond donors (Lipinski definition) is 0. The largest absolute Gasteiger partial charge is 0.310 e. The molecule has 314 valence electrons. The Balaban J connectivity index is 1.05. The molecule has 1 heterocycles. The standard InChI is InChI=1S/C65H44N2/c1-3-23-48(24-4-1)65(49-25-5-2-6-26-49)59-35-13-9-30-55(59)58-34-19-39-63(64(58)65)66(51-27-17-22-47(44-51)53-33-18-21-45-20-7-8-28-52(45)53)50-42-40-46(41-43-50)54-29-10-14-36-60(54)67-61-37-15-11-31-56(61)57-32-12-16-38-62(57)67/h1-44H. The van der Waals surface area contributed by atoms with E-state index in [1.54, 1.807) is 0 Å². The molecule has 0 saturated carbocycles. The van der Waals surface area contributed by atoms with Crippen LogP contribution in [0, 0.1) is 0 Å². The molecule has 67 heavy (non-hydrogen) atoms. The van der Waals surface area contributed by atoms with Crippen molar-refractivity contribution in [2.45, 2.75) is 5.41 Å². The molecule has 2 nitrogen and oxygen atoms in total. The van der Waals surface area contributed by atoms with E-state index in [2.05, 4.69) is 276 Å². The third-order valence-electron chi connectivity index (χ3n) is 14.1. The second-order valence-electron chi connectivity index (χ2n) is 17.6. The van der Waals surface area contributed by atoms with Crippen LogP contribution in [0.4, 0.5) is 17.1 Å². The summed E-state index contributed by atoms with van der Waals surface area (Å²) in [6.45, 7) is 0. The van der Waals surface area contributed by atoms with Crippen molar-refractivity contribution >= 4 is 49.6 Å². The number of hydrogen-bond acceptors (Lipinski definition) is 1. The molecule has 0 radical (unpaired) electrons. The topological polar surface area (TPSA) is 8.17 Å². The van der Waals surface area contributed by atoms with E-state index >= 15 is 0 Å². The molecule has 0 N–H and O–H groups in total. The minimum Gasteiger partial charge on any atom is -0.310 e. The molecule has 0 atom stereocenters. The number of benzene rings is 11. The Kier molecular flexibility index (Phi) is 9.11. The van der Waals surface area contributed by atoms with Gasteiger partial charge in [0.25, 0.3) is 0 Å². The van der Waals surface area contributed by atoms with Crippen LogP contribution in [-0.2, 0) is 5.41 Å². The van der Waals surface area contributed by atoms with Gasteiger partial charge in [-0.1, -0.05) is 218 Å². The zero-order chi connectivity index (χ0) is 44.3. The van der Waals surface area contributed by atoms with Crippen molar-refractivity contribution in [3.05, 3.63) is 289 Å². The van der Waals surface area contributed by atoms with Crippen molar-refractivity contribution in [2.75, 3.05) is 4.90 Å². The predicted octanol–water partition coefficient (Wildman–Crippen LogP) is 17.1. The molecule has 1 aromatic heterocycles. The first-order valence-electron chi connectivity index (χ1n) is 23.2. The lowest BCUT2D eigenvalue weighted by atomic mass is 9.67. The first kappa shape index (κ1) is 38.7. The number of aromatic nitrogens is 1. The highest BCUT2D eigenvalue weighted by Gasteiger charge is 2.48. The van der Waals surface area contributed by atoms with E-state index in [1.807, 2.05) is 0 Å². The Labute approximate surface area is 390 Å². The predicted molar refractivity (Wildman–Crippen MR) is 281 cm³/mol. The molecule has 0 saturated heterocycles. The summed E-state index contributed by atoms with van der Waals surface area (Å²) in [5, 5.41) is 4.98. The van der Waals surface area contributed by atoms with Gasteiger partial charge in [-0.15, -0.1) is 0 Å². The average molecular weight is 853 g/mol. The zero-order valence-corrected chi connectivity index (χ0v) is 36.8. The second kappa shape index (κ2) is 15.8. The first-order chi connectivity index (χ1) is 33.3. The van der Waals surface area contributed by atoms with Crippen LogP contribution in [-0.4, -0.2) is 4.57 Å². The van der Waals surface area contributed by atoms with E-state index in [0.29, 0.717) is 0 Å². The maximum atomic E-state index is 2.50. The van der Waals surface area contributed by atoms with Gasteiger partial charge in [0.05, 0.1) is 27.8 Å². The van der Waals surface area contributed by atoms with Crippen LogP contribution < -0.4 is 4.90 Å². The smallest absolute Gasteiger partial charge is 0.0734 e. The molecule has 13 rings (SSSR count). The zero-order valence-electron chi connectivity index (χ0n) is 36.8. The quantitative estimate of drug-likeness (QED) is 0.148. The van der Waals surface area contributed by atoms with Crippen molar-refractivity contribution in [1.29, 1.82) is 0 Å². The molecule has 1 aliphatic carbocycles. The van der Waals surface area contributed by atoms with E-state index in [9.17, 15) is 0 Å². The van der Waals surface area contributed by atoms with Crippen LogP contribution in [0.3, 0.4) is 0 Å². The Morgan fingerprint density at radius 2 is 0.866 bits per heavy atom. The van der Waals surface area contributed by atoms with Crippen molar-refractivity contribution in [3.8, 4) is 39.1 Å². The summed E-state index contributed by atoms with van der Waals surface area (Å²) in [7, 11) is 0. The van der Waals surface area contributed by atoms with E-state index in [1.165, 1.54) is 82.6 Å². The summed E-state index contributed by atoms with van der Waals surface area (Å²) < 4.78 is 2.43. The van der Waals surface area contributed by atoms with Gasteiger partial charge in [-0.2, -0.15) is 0 Å². The lowest BCUT2D eigenvalue weighted by molar-refractivity contribution is 0.768. The molecular weight excluding hydrogens is 809 g/mol. The van der Waals surface area contributed by atoms with Gasteiger partial charge in [0.2, 0.25) is 0 Å². The number of rotatable bonds is 8. The SMILES string of the molecule is c1ccc(C2(c3ccccc3)c3ccccc3-c3cccc(N(c4ccc(-c5ccccc5-n5c6ccccc6c6ccccc65)cc4)c4cccc(-c5cccc6ccccc56)c4)c32)cc1. The van der Waals surface area contributed by atoms with Crippen LogP contribution in [0.15, 0.2) is 267 Å². The molecule has 2 heteroatoms. The monoisotopic (exact) mass is 852 g/mol. The summed E-state index contributed by atoms with van der Waals surface area (Å²) in [4.78, 5) is 2.50. The molecule has 0 spiro atoms. The molecular formula is C65H44N2. The van der Waals surface area contributed by atoms with Crippen molar-refractivity contribution in [3.63, 3.8) is 0 Å². The second-order valence-corrected chi connectivity index (χ2v) is 17.6. The van der Waals surface area contributed by atoms with Gasteiger partial charge < -0.3 is 9.47 Å². The van der Waals surface area contributed by atoms with Gasteiger partial charge in [-0.25, -0.2) is 0 Å². The highest BCUT2D eigenvalue weighted by atomic mass is 15.1. The van der Waals surface area contributed by atoms with Crippen molar-refractivity contribution in [1.82, 2.24) is 4.57 Å². The van der Waals surface area contributed by atoms with E-state index < -0.39 is 5.41 Å². The fraction of sp³-hybridized carbons (Fsp3) is 0.0154. The molecule has 12 aromatic rings. The normalized spacial score (nSPS) is 12.6. The maximum Gasteiger partial charge on any atom is 0.0734 e. The molecule has 0 amide bonds. The fourth-order valence-electron chi connectivity index (χ4n) is 11.3. The summed E-state index contributed by atoms with van der Waals surface area (Å²) in [5.41, 5.74) is 18.5. The van der Waals surface area contributed by atoms with Crippen LogP contribution in [0.1, 0.15) is 22.3 Å². The van der Waals surface area contributed by atoms with Crippen LogP contribution in [0.25, 0.3) is 71.6 Å². The third-order valence-corrected chi connectivity index (χ3v) is 14.1. The third kappa shape index (κ3) is 6.04. The van der Waals surface area contributed by atoms with Gasteiger partial charge in [0, 0.05) is 33.3 Å². The first-order valence-corrected chi connectivity index (χ1v) is 23.2. The Morgan fingerprint density at radius 3 is 1.60 bits per heavy atom.